The second-order valence-corrected chi connectivity index (χ2v) is 9.09. The normalized spacial score (nSPS) is 13.5. The molecule has 3 aromatic rings. The third kappa shape index (κ3) is 5.44. The highest BCUT2D eigenvalue weighted by atomic mass is 16.5. The van der Waals surface area contributed by atoms with E-state index in [2.05, 4.69) is 25.2 Å². The molecule has 1 aromatic carbocycles. The Morgan fingerprint density at radius 2 is 1.86 bits per heavy atom. The fraction of sp³-hybridized carbons (Fsp3) is 0.346. The lowest BCUT2D eigenvalue weighted by Crippen LogP contribution is -2.36. The number of hydrogen-bond donors (Lipinski definition) is 3. The molecular weight excluding hydrogens is 458 g/mol. The molecule has 36 heavy (non-hydrogen) atoms. The van der Waals surface area contributed by atoms with Crippen LogP contribution in [0.25, 0.3) is 11.1 Å². The van der Waals surface area contributed by atoms with Gasteiger partial charge in [-0.15, -0.1) is 0 Å². The summed E-state index contributed by atoms with van der Waals surface area (Å²) in [7, 11) is 3.69. The highest BCUT2D eigenvalue weighted by molar-refractivity contribution is 6.10. The summed E-state index contributed by atoms with van der Waals surface area (Å²) < 4.78 is 5.46. The molecule has 1 aliphatic rings. The zero-order chi connectivity index (χ0) is 25.8. The smallest absolute Gasteiger partial charge is 0.354 e. The van der Waals surface area contributed by atoms with Gasteiger partial charge in [-0.3, -0.25) is 0 Å². The van der Waals surface area contributed by atoms with E-state index in [1.54, 1.807) is 17.3 Å². The maximum atomic E-state index is 12.0. The van der Waals surface area contributed by atoms with Gasteiger partial charge in [0.15, 0.2) is 5.69 Å². The number of rotatable bonds is 8. The number of aromatic nitrogens is 3. The summed E-state index contributed by atoms with van der Waals surface area (Å²) in [5.74, 6) is -0.442. The molecule has 2 aromatic heterocycles. The molecule has 0 amide bonds. The van der Waals surface area contributed by atoms with E-state index in [4.69, 9.17) is 10.1 Å². The van der Waals surface area contributed by atoms with Crippen LogP contribution in [0.3, 0.4) is 0 Å². The van der Waals surface area contributed by atoms with E-state index >= 15 is 0 Å². The van der Waals surface area contributed by atoms with Crippen LogP contribution < -0.4 is 15.1 Å². The Balaban J connectivity index is 1.83. The lowest BCUT2D eigenvalue weighted by atomic mass is 9.92. The van der Waals surface area contributed by atoms with Gasteiger partial charge in [0, 0.05) is 67.8 Å². The molecule has 4 rings (SSSR count). The fourth-order valence-corrected chi connectivity index (χ4v) is 3.96. The second kappa shape index (κ2) is 10.7. The van der Waals surface area contributed by atoms with Gasteiger partial charge in [0.1, 0.15) is 5.82 Å². The first kappa shape index (κ1) is 25.1. The molecule has 0 saturated carbocycles. The number of morpholine rings is 1. The van der Waals surface area contributed by atoms with E-state index < -0.39 is 5.97 Å². The molecule has 0 bridgehead atoms. The SMILES string of the molecule is CC(C)C(=N)c1c(-c2cnc(N(C)C)nc2)cc(C(=O)O)nc1Nc1cccc(N2CCOCC2)c1. The minimum atomic E-state index is -1.16. The summed E-state index contributed by atoms with van der Waals surface area (Å²) >= 11 is 0. The van der Waals surface area contributed by atoms with Crippen molar-refractivity contribution in [3.8, 4) is 11.1 Å². The van der Waals surface area contributed by atoms with E-state index in [-0.39, 0.29) is 11.6 Å². The monoisotopic (exact) mass is 489 g/mol. The third-order valence-electron chi connectivity index (χ3n) is 5.92. The van der Waals surface area contributed by atoms with Crippen LogP contribution in [0.4, 0.5) is 23.1 Å². The van der Waals surface area contributed by atoms with Gasteiger partial charge in [-0.25, -0.2) is 19.7 Å². The van der Waals surface area contributed by atoms with Crippen molar-refractivity contribution in [2.45, 2.75) is 13.8 Å². The van der Waals surface area contributed by atoms with Crippen molar-refractivity contribution >= 4 is 34.8 Å². The maximum Gasteiger partial charge on any atom is 0.354 e. The lowest BCUT2D eigenvalue weighted by Gasteiger charge is -2.29. The number of aromatic carboxylic acids is 1. The molecule has 1 fully saturated rings. The molecule has 188 valence electrons. The fourth-order valence-electron chi connectivity index (χ4n) is 3.96. The summed E-state index contributed by atoms with van der Waals surface area (Å²) in [6.07, 6.45) is 3.28. The van der Waals surface area contributed by atoms with Gasteiger partial charge in [0.25, 0.3) is 0 Å². The van der Waals surface area contributed by atoms with Crippen LogP contribution in [0.5, 0.6) is 0 Å². The molecule has 0 spiro atoms. The van der Waals surface area contributed by atoms with Crippen molar-refractivity contribution in [1.29, 1.82) is 5.41 Å². The summed E-state index contributed by atoms with van der Waals surface area (Å²) in [6, 6.07) is 9.35. The Kier molecular flexibility index (Phi) is 7.44. The first-order chi connectivity index (χ1) is 17.2. The largest absolute Gasteiger partial charge is 0.477 e. The number of pyridine rings is 1. The number of carboxylic acids is 1. The molecule has 10 nitrogen and oxygen atoms in total. The van der Waals surface area contributed by atoms with Gasteiger partial charge >= 0.3 is 5.97 Å². The van der Waals surface area contributed by atoms with Crippen LogP contribution in [0.15, 0.2) is 42.7 Å². The van der Waals surface area contributed by atoms with Crippen molar-refractivity contribution in [2.75, 3.05) is 55.5 Å². The number of benzene rings is 1. The molecule has 10 heteroatoms. The molecule has 3 heterocycles. The van der Waals surface area contributed by atoms with Crippen LogP contribution in [0.1, 0.15) is 29.9 Å². The van der Waals surface area contributed by atoms with E-state index in [0.717, 1.165) is 24.5 Å². The van der Waals surface area contributed by atoms with Gasteiger partial charge in [0.2, 0.25) is 5.95 Å². The van der Waals surface area contributed by atoms with Crippen LogP contribution in [0.2, 0.25) is 0 Å². The average Bonchev–Trinajstić information content (AvgIpc) is 2.88. The first-order valence-corrected chi connectivity index (χ1v) is 11.8. The van der Waals surface area contributed by atoms with Gasteiger partial charge in [-0.1, -0.05) is 19.9 Å². The number of ether oxygens (including phenoxy) is 1. The standard InChI is InChI=1S/C26H31N7O3/c1-16(2)23(27)22-20(17-14-28-26(29-15-17)32(3)4)13-21(25(34)35)31-24(22)30-18-6-5-7-19(12-18)33-8-10-36-11-9-33/h5-7,12-16,27H,8-11H2,1-4H3,(H,30,31)(H,34,35). The minimum Gasteiger partial charge on any atom is -0.477 e. The number of nitrogens with one attached hydrogen (secondary N) is 2. The maximum absolute atomic E-state index is 12.0. The van der Waals surface area contributed by atoms with Crippen molar-refractivity contribution in [3.05, 3.63) is 54.0 Å². The highest BCUT2D eigenvalue weighted by Crippen LogP contribution is 2.33. The Bertz CT molecular complexity index is 1250. The molecular formula is C26H31N7O3. The predicted molar refractivity (Wildman–Crippen MR) is 141 cm³/mol. The Morgan fingerprint density at radius 3 is 2.47 bits per heavy atom. The molecule has 0 unspecified atom stereocenters. The molecule has 0 radical (unpaired) electrons. The van der Waals surface area contributed by atoms with E-state index in [1.807, 2.05) is 52.2 Å². The summed E-state index contributed by atoms with van der Waals surface area (Å²) in [6.45, 7) is 6.79. The van der Waals surface area contributed by atoms with E-state index in [1.165, 1.54) is 6.07 Å². The first-order valence-electron chi connectivity index (χ1n) is 11.8. The topological polar surface area (TPSA) is 128 Å². The predicted octanol–water partition coefficient (Wildman–Crippen LogP) is 3.91. The number of anilines is 4. The third-order valence-corrected chi connectivity index (χ3v) is 5.92. The Hall–Kier alpha value is -4.05. The van der Waals surface area contributed by atoms with E-state index in [0.29, 0.717) is 47.4 Å². The molecule has 3 N–H and O–H groups in total. The number of nitrogens with zero attached hydrogens (tertiary/aromatic N) is 5. The van der Waals surface area contributed by atoms with Crippen LogP contribution in [-0.4, -0.2) is 72.1 Å². The van der Waals surface area contributed by atoms with Gasteiger partial charge in [-0.2, -0.15) is 0 Å². The number of carbonyl (C=O) groups is 1. The van der Waals surface area contributed by atoms with Crippen LogP contribution >= 0.6 is 0 Å². The van der Waals surface area contributed by atoms with Crippen molar-refractivity contribution in [2.24, 2.45) is 5.92 Å². The molecule has 1 aliphatic heterocycles. The number of carboxylic acid groups (broad SMARTS) is 1. The zero-order valence-corrected chi connectivity index (χ0v) is 20.9. The molecule has 0 atom stereocenters. The summed E-state index contributed by atoms with van der Waals surface area (Å²) in [5, 5.41) is 22.0. The lowest BCUT2D eigenvalue weighted by molar-refractivity contribution is 0.0690. The average molecular weight is 490 g/mol. The summed E-state index contributed by atoms with van der Waals surface area (Å²) in [4.78, 5) is 29.2. The van der Waals surface area contributed by atoms with Gasteiger partial charge in [0.05, 0.1) is 13.2 Å². The second-order valence-electron chi connectivity index (χ2n) is 9.09. The zero-order valence-electron chi connectivity index (χ0n) is 20.9. The van der Waals surface area contributed by atoms with Crippen LogP contribution in [0, 0.1) is 11.3 Å². The summed E-state index contributed by atoms with van der Waals surface area (Å²) in [5.41, 5.74) is 3.65. The number of hydrogen-bond acceptors (Lipinski definition) is 9. The van der Waals surface area contributed by atoms with Gasteiger partial charge < -0.3 is 30.4 Å². The van der Waals surface area contributed by atoms with Crippen molar-refractivity contribution < 1.29 is 14.6 Å². The Labute approximate surface area is 210 Å². The van der Waals surface area contributed by atoms with Crippen molar-refractivity contribution in [3.63, 3.8) is 0 Å². The van der Waals surface area contributed by atoms with Crippen molar-refractivity contribution in [1.82, 2.24) is 15.0 Å². The van der Waals surface area contributed by atoms with E-state index in [9.17, 15) is 9.90 Å². The van der Waals surface area contributed by atoms with Crippen LogP contribution in [-0.2, 0) is 4.74 Å². The molecule has 1 saturated heterocycles. The highest BCUT2D eigenvalue weighted by Gasteiger charge is 2.23. The Morgan fingerprint density at radius 1 is 1.17 bits per heavy atom. The molecule has 0 aliphatic carbocycles. The quantitative estimate of drug-likeness (QED) is 0.404. The van der Waals surface area contributed by atoms with Gasteiger partial charge in [-0.05, 0) is 35.7 Å². The minimum absolute atomic E-state index is 0.122.